The van der Waals surface area contributed by atoms with Gasteiger partial charge in [-0.05, 0) is 6.42 Å². The zero-order valence-electron chi connectivity index (χ0n) is 8.10. The fraction of sp³-hybridized carbons (Fsp3) is 0.667. The number of carboxylic acid groups (broad SMARTS) is 1. The van der Waals surface area contributed by atoms with Gasteiger partial charge in [0, 0.05) is 19.5 Å². The summed E-state index contributed by atoms with van der Waals surface area (Å²) in [5, 5.41) is 11.2. The molecule has 2 saturated heterocycles. The number of hydrogen-bond donors (Lipinski definition) is 2. The van der Waals surface area contributed by atoms with Gasteiger partial charge in [0.25, 0.3) is 0 Å². The molecular formula is C9H12N2O4. The molecule has 2 amide bonds. The second-order valence-corrected chi connectivity index (χ2v) is 3.94. The SMILES string of the molecule is O=C1CC[C@H](C(=O)N2CC(C(=O)O)C2)N1. The molecule has 2 aliphatic heterocycles. The number of carboxylic acids is 1. The van der Waals surface area contributed by atoms with Crippen LogP contribution in [0.2, 0.25) is 0 Å². The van der Waals surface area contributed by atoms with E-state index >= 15 is 0 Å². The second kappa shape index (κ2) is 3.52. The van der Waals surface area contributed by atoms with Crippen molar-refractivity contribution >= 4 is 17.8 Å². The number of carbonyl (C=O) groups is 3. The van der Waals surface area contributed by atoms with Gasteiger partial charge in [-0.3, -0.25) is 14.4 Å². The minimum absolute atomic E-state index is 0.108. The van der Waals surface area contributed by atoms with Gasteiger partial charge in [0.1, 0.15) is 6.04 Å². The number of amides is 2. The van der Waals surface area contributed by atoms with E-state index in [1.807, 2.05) is 0 Å². The smallest absolute Gasteiger partial charge is 0.310 e. The molecule has 0 aromatic heterocycles. The highest BCUT2D eigenvalue weighted by Gasteiger charge is 2.39. The molecule has 2 rings (SSSR count). The summed E-state index contributed by atoms with van der Waals surface area (Å²) in [6.45, 7) is 0.529. The lowest BCUT2D eigenvalue weighted by molar-refractivity contribution is -0.153. The molecule has 0 radical (unpaired) electrons. The molecule has 0 aromatic carbocycles. The van der Waals surface area contributed by atoms with Crippen molar-refractivity contribution in [2.24, 2.45) is 5.92 Å². The van der Waals surface area contributed by atoms with Crippen LogP contribution >= 0.6 is 0 Å². The Morgan fingerprint density at radius 1 is 1.40 bits per heavy atom. The molecule has 0 spiro atoms. The first-order valence-electron chi connectivity index (χ1n) is 4.89. The summed E-state index contributed by atoms with van der Waals surface area (Å²) in [7, 11) is 0. The Balaban J connectivity index is 1.84. The minimum atomic E-state index is -0.866. The maximum Gasteiger partial charge on any atom is 0.310 e. The van der Waals surface area contributed by atoms with Crippen LogP contribution in [0.4, 0.5) is 0 Å². The molecule has 2 heterocycles. The molecule has 15 heavy (non-hydrogen) atoms. The van der Waals surface area contributed by atoms with Crippen LogP contribution in [0.3, 0.4) is 0 Å². The molecule has 6 heteroatoms. The van der Waals surface area contributed by atoms with Crippen LogP contribution in [0.5, 0.6) is 0 Å². The van der Waals surface area contributed by atoms with Gasteiger partial charge in [-0.15, -0.1) is 0 Å². The first-order valence-corrected chi connectivity index (χ1v) is 4.89. The van der Waals surface area contributed by atoms with Crippen molar-refractivity contribution in [1.82, 2.24) is 10.2 Å². The number of likely N-dealkylation sites (tertiary alicyclic amines) is 1. The maximum atomic E-state index is 11.7. The van der Waals surface area contributed by atoms with Crippen molar-refractivity contribution in [3.8, 4) is 0 Å². The van der Waals surface area contributed by atoms with E-state index in [0.29, 0.717) is 12.8 Å². The summed E-state index contributed by atoms with van der Waals surface area (Å²) < 4.78 is 0. The lowest BCUT2D eigenvalue weighted by Crippen LogP contribution is -2.57. The topological polar surface area (TPSA) is 86.7 Å². The average molecular weight is 212 g/mol. The van der Waals surface area contributed by atoms with Crippen molar-refractivity contribution in [2.75, 3.05) is 13.1 Å². The normalized spacial score (nSPS) is 26.0. The van der Waals surface area contributed by atoms with Gasteiger partial charge in [0.15, 0.2) is 0 Å². The molecule has 2 N–H and O–H groups in total. The van der Waals surface area contributed by atoms with Crippen LogP contribution in [0.25, 0.3) is 0 Å². The molecule has 0 aromatic rings. The van der Waals surface area contributed by atoms with Gasteiger partial charge in [-0.2, -0.15) is 0 Å². The third kappa shape index (κ3) is 1.79. The number of nitrogens with one attached hydrogen (secondary N) is 1. The van der Waals surface area contributed by atoms with Crippen LogP contribution in [0, 0.1) is 5.92 Å². The number of aliphatic carboxylic acids is 1. The zero-order chi connectivity index (χ0) is 11.0. The molecule has 0 saturated carbocycles. The molecule has 0 aliphatic carbocycles. The summed E-state index contributed by atoms with van der Waals surface area (Å²) in [5.41, 5.74) is 0. The summed E-state index contributed by atoms with van der Waals surface area (Å²) in [5.74, 6) is -1.57. The number of hydrogen-bond acceptors (Lipinski definition) is 3. The fourth-order valence-corrected chi connectivity index (χ4v) is 1.83. The van der Waals surface area contributed by atoms with E-state index in [-0.39, 0.29) is 24.9 Å². The number of rotatable bonds is 2. The standard InChI is InChI=1S/C9H12N2O4/c12-7-2-1-6(10-7)8(13)11-3-5(4-11)9(14)15/h5-6H,1-4H2,(H,10,12)(H,14,15)/t6-/m1/s1. The van der Waals surface area contributed by atoms with Gasteiger partial charge in [-0.25, -0.2) is 0 Å². The first kappa shape index (κ1) is 9.95. The van der Waals surface area contributed by atoms with E-state index in [1.54, 1.807) is 0 Å². The van der Waals surface area contributed by atoms with Gasteiger partial charge in [0.05, 0.1) is 5.92 Å². The Bertz CT molecular complexity index is 322. The van der Waals surface area contributed by atoms with Crippen molar-refractivity contribution in [1.29, 1.82) is 0 Å². The molecular weight excluding hydrogens is 200 g/mol. The third-order valence-corrected chi connectivity index (χ3v) is 2.84. The fourth-order valence-electron chi connectivity index (χ4n) is 1.83. The Morgan fingerprint density at radius 2 is 2.07 bits per heavy atom. The van der Waals surface area contributed by atoms with Gasteiger partial charge >= 0.3 is 5.97 Å². The lowest BCUT2D eigenvalue weighted by atomic mass is 9.99. The zero-order valence-corrected chi connectivity index (χ0v) is 8.10. The van der Waals surface area contributed by atoms with Crippen LogP contribution in [-0.4, -0.2) is 46.9 Å². The summed E-state index contributed by atoms with van der Waals surface area (Å²) in [6, 6.07) is -0.438. The Hall–Kier alpha value is -1.59. The predicted octanol–water partition coefficient (Wildman–Crippen LogP) is -1.19. The molecule has 2 fully saturated rings. The highest BCUT2D eigenvalue weighted by molar-refractivity contribution is 5.91. The van der Waals surface area contributed by atoms with Gasteiger partial charge in [0.2, 0.25) is 11.8 Å². The van der Waals surface area contributed by atoms with Gasteiger partial charge in [-0.1, -0.05) is 0 Å². The average Bonchev–Trinajstić information content (AvgIpc) is 2.48. The lowest BCUT2D eigenvalue weighted by Gasteiger charge is -2.38. The van der Waals surface area contributed by atoms with Crippen LogP contribution in [-0.2, 0) is 14.4 Å². The molecule has 2 aliphatic rings. The van der Waals surface area contributed by atoms with E-state index in [0.717, 1.165) is 0 Å². The van der Waals surface area contributed by atoms with Crippen molar-refractivity contribution < 1.29 is 19.5 Å². The van der Waals surface area contributed by atoms with Gasteiger partial charge < -0.3 is 15.3 Å². The van der Waals surface area contributed by atoms with E-state index in [2.05, 4.69) is 5.32 Å². The summed E-state index contributed by atoms with van der Waals surface area (Å²) >= 11 is 0. The van der Waals surface area contributed by atoms with E-state index in [1.165, 1.54) is 4.90 Å². The monoisotopic (exact) mass is 212 g/mol. The molecule has 0 unspecified atom stereocenters. The summed E-state index contributed by atoms with van der Waals surface area (Å²) in [6.07, 6.45) is 0.901. The second-order valence-electron chi connectivity index (χ2n) is 3.94. The predicted molar refractivity (Wildman–Crippen MR) is 48.9 cm³/mol. The third-order valence-electron chi connectivity index (χ3n) is 2.84. The minimum Gasteiger partial charge on any atom is -0.481 e. The summed E-state index contributed by atoms with van der Waals surface area (Å²) in [4.78, 5) is 34.5. The Morgan fingerprint density at radius 3 is 2.53 bits per heavy atom. The van der Waals surface area contributed by atoms with E-state index < -0.39 is 17.9 Å². The van der Waals surface area contributed by atoms with Crippen molar-refractivity contribution in [3.05, 3.63) is 0 Å². The Kier molecular flexibility index (Phi) is 2.34. The first-order chi connectivity index (χ1) is 7.08. The van der Waals surface area contributed by atoms with Crippen molar-refractivity contribution in [2.45, 2.75) is 18.9 Å². The molecule has 82 valence electrons. The largest absolute Gasteiger partial charge is 0.481 e. The molecule has 1 atom stereocenters. The Labute approximate surface area is 86.2 Å². The van der Waals surface area contributed by atoms with Crippen molar-refractivity contribution in [3.63, 3.8) is 0 Å². The van der Waals surface area contributed by atoms with Crippen LogP contribution in [0.1, 0.15) is 12.8 Å². The van der Waals surface area contributed by atoms with Crippen LogP contribution < -0.4 is 5.32 Å². The quantitative estimate of drug-likeness (QED) is 0.602. The molecule has 0 bridgehead atoms. The highest BCUT2D eigenvalue weighted by Crippen LogP contribution is 2.19. The number of carbonyl (C=O) groups excluding carboxylic acids is 2. The van der Waals surface area contributed by atoms with E-state index in [9.17, 15) is 14.4 Å². The van der Waals surface area contributed by atoms with Crippen LogP contribution in [0.15, 0.2) is 0 Å². The maximum absolute atomic E-state index is 11.7. The molecule has 6 nitrogen and oxygen atoms in total. The highest BCUT2D eigenvalue weighted by atomic mass is 16.4. The number of nitrogens with zero attached hydrogens (tertiary/aromatic N) is 1. The van der Waals surface area contributed by atoms with E-state index in [4.69, 9.17) is 5.11 Å².